The number of hydrogen-bond donors (Lipinski definition) is 2. The van der Waals surface area contributed by atoms with Gasteiger partial charge in [-0.1, -0.05) is 6.07 Å². The minimum absolute atomic E-state index is 0.178. The van der Waals surface area contributed by atoms with Crippen LogP contribution >= 0.6 is 0 Å². The molecule has 0 aliphatic carbocycles. The molecule has 1 atom stereocenters. The van der Waals surface area contributed by atoms with Crippen molar-refractivity contribution in [2.24, 2.45) is 0 Å². The smallest absolute Gasteiger partial charge is 0.326 e. The number of nitrogens with one attached hydrogen (secondary N) is 1. The van der Waals surface area contributed by atoms with Crippen molar-refractivity contribution in [3.8, 4) is 0 Å². The molecular weight excluding hydrogens is 298 g/mol. The SMILES string of the molecule is Cc1ccc(C(=O)N2CCC[C@@H]2C(=O)O)cc1N1CCNC1=O. The Bertz CT molecular complexity index is 673. The van der Waals surface area contributed by atoms with E-state index in [2.05, 4.69) is 5.32 Å². The van der Waals surface area contributed by atoms with Gasteiger partial charge in [0.25, 0.3) is 5.91 Å². The van der Waals surface area contributed by atoms with Gasteiger partial charge in [-0.2, -0.15) is 0 Å². The molecule has 0 spiro atoms. The summed E-state index contributed by atoms with van der Waals surface area (Å²) in [6.07, 6.45) is 1.17. The summed E-state index contributed by atoms with van der Waals surface area (Å²) >= 11 is 0. The maximum Gasteiger partial charge on any atom is 0.326 e. The quantitative estimate of drug-likeness (QED) is 0.877. The molecule has 1 aromatic rings. The second kappa shape index (κ2) is 5.91. The summed E-state index contributed by atoms with van der Waals surface area (Å²) < 4.78 is 0. The number of nitrogens with zero attached hydrogens (tertiary/aromatic N) is 2. The van der Waals surface area contributed by atoms with Crippen molar-refractivity contribution in [2.75, 3.05) is 24.5 Å². The number of rotatable bonds is 3. The predicted octanol–water partition coefficient (Wildman–Crippen LogP) is 1.21. The number of anilines is 1. The average molecular weight is 317 g/mol. The summed E-state index contributed by atoms with van der Waals surface area (Å²) in [4.78, 5) is 38.8. The van der Waals surface area contributed by atoms with Crippen LogP contribution in [0.25, 0.3) is 0 Å². The largest absolute Gasteiger partial charge is 0.480 e. The molecule has 0 bridgehead atoms. The van der Waals surface area contributed by atoms with Crippen LogP contribution in [0.5, 0.6) is 0 Å². The lowest BCUT2D eigenvalue weighted by molar-refractivity contribution is -0.141. The maximum absolute atomic E-state index is 12.7. The highest BCUT2D eigenvalue weighted by molar-refractivity contribution is 6.00. The monoisotopic (exact) mass is 317 g/mol. The molecule has 2 fully saturated rings. The van der Waals surface area contributed by atoms with Crippen LogP contribution in [0.1, 0.15) is 28.8 Å². The summed E-state index contributed by atoms with van der Waals surface area (Å²) in [6, 6.07) is 4.22. The Balaban J connectivity index is 1.90. The van der Waals surface area contributed by atoms with Crippen molar-refractivity contribution < 1.29 is 19.5 Å². The highest BCUT2D eigenvalue weighted by atomic mass is 16.4. The Morgan fingerprint density at radius 2 is 2.09 bits per heavy atom. The van der Waals surface area contributed by atoms with Gasteiger partial charge >= 0.3 is 12.0 Å². The van der Waals surface area contributed by atoms with Gasteiger partial charge in [0.15, 0.2) is 0 Å². The highest BCUT2D eigenvalue weighted by Crippen LogP contribution is 2.26. The molecule has 2 aliphatic rings. The number of carboxylic acids is 1. The van der Waals surface area contributed by atoms with Gasteiger partial charge in [0, 0.05) is 30.9 Å². The van der Waals surface area contributed by atoms with E-state index in [0.717, 1.165) is 5.56 Å². The molecule has 2 N–H and O–H groups in total. The molecule has 2 aliphatic heterocycles. The van der Waals surface area contributed by atoms with Crippen LogP contribution in [-0.4, -0.2) is 53.6 Å². The van der Waals surface area contributed by atoms with Crippen LogP contribution < -0.4 is 10.2 Å². The molecule has 0 saturated carbocycles. The molecular formula is C16H19N3O4. The number of carbonyl (C=O) groups excluding carboxylic acids is 2. The summed E-state index contributed by atoms with van der Waals surface area (Å²) in [5, 5.41) is 12.0. The van der Waals surface area contributed by atoms with Gasteiger partial charge in [-0.3, -0.25) is 9.69 Å². The zero-order chi connectivity index (χ0) is 16.6. The summed E-state index contributed by atoms with van der Waals surface area (Å²) in [7, 11) is 0. The third kappa shape index (κ3) is 2.74. The third-order valence-electron chi connectivity index (χ3n) is 4.40. The van der Waals surface area contributed by atoms with Gasteiger partial charge in [-0.15, -0.1) is 0 Å². The number of benzene rings is 1. The average Bonchev–Trinajstić information content (AvgIpc) is 3.16. The van der Waals surface area contributed by atoms with Gasteiger partial charge in [-0.25, -0.2) is 9.59 Å². The molecule has 0 aromatic heterocycles. The van der Waals surface area contributed by atoms with Crippen molar-refractivity contribution in [1.29, 1.82) is 0 Å². The van der Waals surface area contributed by atoms with Crippen molar-refractivity contribution >= 4 is 23.6 Å². The first-order valence-electron chi connectivity index (χ1n) is 7.69. The molecule has 122 valence electrons. The van der Waals surface area contributed by atoms with E-state index in [0.29, 0.717) is 43.7 Å². The molecule has 1 aromatic carbocycles. The van der Waals surface area contributed by atoms with Gasteiger partial charge in [0.1, 0.15) is 6.04 Å². The number of carboxylic acid groups (broad SMARTS) is 1. The zero-order valence-electron chi connectivity index (χ0n) is 12.9. The van der Waals surface area contributed by atoms with Gasteiger partial charge < -0.3 is 15.3 Å². The normalized spacial score (nSPS) is 20.7. The number of urea groups is 1. The number of carbonyl (C=O) groups is 3. The van der Waals surface area contributed by atoms with Crippen LogP contribution in [0.15, 0.2) is 18.2 Å². The Labute approximate surface area is 133 Å². The number of amides is 3. The lowest BCUT2D eigenvalue weighted by Crippen LogP contribution is -2.40. The topological polar surface area (TPSA) is 89.9 Å². The fourth-order valence-corrected chi connectivity index (χ4v) is 3.17. The number of aryl methyl sites for hydroxylation is 1. The Kier molecular flexibility index (Phi) is 3.94. The first-order chi connectivity index (χ1) is 11.0. The van der Waals surface area contributed by atoms with E-state index in [1.165, 1.54) is 4.90 Å². The van der Waals surface area contributed by atoms with E-state index < -0.39 is 12.0 Å². The molecule has 3 amide bonds. The first kappa shape index (κ1) is 15.3. The molecule has 2 heterocycles. The maximum atomic E-state index is 12.7. The summed E-state index contributed by atoms with van der Waals surface area (Å²) in [5.74, 6) is -1.27. The first-order valence-corrected chi connectivity index (χ1v) is 7.69. The molecule has 3 rings (SSSR count). The Hall–Kier alpha value is -2.57. The second-order valence-corrected chi connectivity index (χ2v) is 5.88. The summed E-state index contributed by atoms with van der Waals surface area (Å²) in [5.41, 5.74) is 2.00. The summed E-state index contributed by atoms with van der Waals surface area (Å²) in [6.45, 7) is 3.46. The number of hydrogen-bond acceptors (Lipinski definition) is 3. The van der Waals surface area contributed by atoms with Crippen LogP contribution in [0, 0.1) is 6.92 Å². The minimum atomic E-state index is -0.970. The molecule has 23 heavy (non-hydrogen) atoms. The minimum Gasteiger partial charge on any atom is -0.480 e. The molecule has 7 heteroatoms. The predicted molar refractivity (Wildman–Crippen MR) is 83.6 cm³/mol. The van der Waals surface area contributed by atoms with E-state index >= 15 is 0 Å². The Morgan fingerprint density at radius 1 is 1.30 bits per heavy atom. The van der Waals surface area contributed by atoms with Gasteiger partial charge in [0.05, 0.1) is 0 Å². The van der Waals surface area contributed by atoms with Crippen LogP contribution in [-0.2, 0) is 4.79 Å². The standard InChI is InChI=1S/C16H19N3O4/c1-10-4-5-11(9-13(10)19-8-6-17-16(19)23)14(20)18-7-2-3-12(18)15(21)22/h4-5,9,12H,2-3,6-8H2,1H3,(H,17,23)(H,21,22)/t12-/m1/s1. The Morgan fingerprint density at radius 3 is 2.74 bits per heavy atom. The fourth-order valence-electron chi connectivity index (χ4n) is 3.17. The van der Waals surface area contributed by atoms with Crippen LogP contribution in [0.3, 0.4) is 0 Å². The van der Waals surface area contributed by atoms with Crippen LogP contribution in [0.2, 0.25) is 0 Å². The lowest BCUT2D eigenvalue weighted by Gasteiger charge is -2.23. The van der Waals surface area contributed by atoms with Crippen molar-refractivity contribution in [2.45, 2.75) is 25.8 Å². The molecule has 0 radical (unpaired) electrons. The second-order valence-electron chi connectivity index (χ2n) is 5.88. The molecule has 7 nitrogen and oxygen atoms in total. The van der Waals surface area contributed by atoms with E-state index in [1.54, 1.807) is 23.1 Å². The lowest BCUT2D eigenvalue weighted by atomic mass is 10.1. The zero-order valence-corrected chi connectivity index (χ0v) is 12.9. The van der Waals surface area contributed by atoms with Crippen molar-refractivity contribution in [3.05, 3.63) is 29.3 Å². The van der Waals surface area contributed by atoms with E-state index in [4.69, 9.17) is 0 Å². The number of aliphatic carboxylic acids is 1. The van der Waals surface area contributed by atoms with Gasteiger partial charge in [-0.05, 0) is 37.5 Å². The third-order valence-corrected chi connectivity index (χ3v) is 4.40. The number of likely N-dealkylation sites (tertiary alicyclic amines) is 1. The molecule has 0 unspecified atom stereocenters. The highest BCUT2D eigenvalue weighted by Gasteiger charge is 2.34. The van der Waals surface area contributed by atoms with Gasteiger partial charge in [0.2, 0.25) is 0 Å². The van der Waals surface area contributed by atoms with Crippen LogP contribution in [0.4, 0.5) is 10.5 Å². The van der Waals surface area contributed by atoms with E-state index in [1.807, 2.05) is 6.92 Å². The molecule has 2 saturated heterocycles. The van der Waals surface area contributed by atoms with Crippen molar-refractivity contribution in [3.63, 3.8) is 0 Å². The van der Waals surface area contributed by atoms with E-state index in [-0.39, 0.29) is 11.9 Å². The van der Waals surface area contributed by atoms with E-state index in [9.17, 15) is 19.5 Å². The fraction of sp³-hybridized carbons (Fsp3) is 0.438. The van der Waals surface area contributed by atoms with Crippen molar-refractivity contribution in [1.82, 2.24) is 10.2 Å².